The summed E-state index contributed by atoms with van der Waals surface area (Å²) in [6, 6.07) is 18.2. The lowest BCUT2D eigenvalue weighted by Gasteiger charge is -2.11. The summed E-state index contributed by atoms with van der Waals surface area (Å²) in [5.41, 5.74) is 3.08. The van der Waals surface area contributed by atoms with E-state index >= 15 is 0 Å². The van der Waals surface area contributed by atoms with Gasteiger partial charge in [0.15, 0.2) is 5.78 Å². The van der Waals surface area contributed by atoms with Gasteiger partial charge in [-0.1, -0.05) is 24.3 Å². The second-order valence-corrected chi connectivity index (χ2v) is 7.59. The van der Waals surface area contributed by atoms with Gasteiger partial charge in [0.05, 0.1) is 18.4 Å². The summed E-state index contributed by atoms with van der Waals surface area (Å²) in [5, 5.41) is 2.82. The Labute approximate surface area is 196 Å². The molecule has 0 aliphatic rings. The summed E-state index contributed by atoms with van der Waals surface area (Å²) in [6.07, 6.45) is 4.98. The van der Waals surface area contributed by atoms with Crippen LogP contribution in [-0.4, -0.2) is 28.8 Å². The van der Waals surface area contributed by atoms with Gasteiger partial charge in [0.25, 0.3) is 5.91 Å². The zero-order valence-electron chi connectivity index (χ0n) is 18.5. The van der Waals surface area contributed by atoms with Crippen LogP contribution in [0.25, 0.3) is 11.3 Å². The summed E-state index contributed by atoms with van der Waals surface area (Å²) in [7, 11) is 1.47. The van der Waals surface area contributed by atoms with E-state index in [-0.39, 0.29) is 29.5 Å². The Kier molecular flexibility index (Phi) is 7.03. The molecule has 0 radical (unpaired) electrons. The van der Waals surface area contributed by atoms with E-state index in [4.69, 9.17) is 4.74 Å². The molecule has 2 heterocycles. The van der Waals surface area contributed by atoms with E-state index in [0.29, 0.717) is 34.7 Å². The van der Waals surface area contributed by atoms with Gasteiger partial charge in [-0.25, -0.2) is 4.39 Å². The molecule has 1 N–H and O–H groups in total. The Bertz CT molecular complexity index is 1310. The third-order valence-corrected chi connectivity index (χ3v) is 5.28. The second-order valence-electron chi connectivity index (χ2n) is 7.59. The number of nitrogens with one attached hydrogen (secondary N) is 1. The number of Topliss-reactive ketones (excluding diaryl/α,β-unsaturated/α-hetero) is 1. The molecule has 0 fully saturated rings. The Balaban J connectivity index is 1.47. The third-order valence-electron chi connectivity index (χ3n) is 5.28. The Morgan fingerprint density at radius 1 is 0.971 bits per heavy atom. The first-order chi connectivity index (χ1) is 16.5. The molecule has 0 aliphatic carbocycles. The van der Waals surface area contributed by atoms with Gasteiger partial charge in [-0.15, -0.1) is 0 Å². The summed E-state index contributed by atoms with van der Waals surface area (Å²) < 4.78 is 19.3. The molecule has 6 nitrogen and oxygen atoms in total. The van der Waals surface area contributed by atoms with Crippen LogP contribution < -0.4 is 10.1 Å². The lowest BCUT2D eigenvalue weighted by molar-refractivity contribution is 0.0948. The summed E-state index contributed by atoms with van der Waals surface area (Å²) in [5.74, 6) is -0.516. The van der Waals surface area contributed by atoms with Gasteiger partial charge in [0, 0.05) is 42.7 Å². The van der Waals surface area contributed by atoms with Gasteiger partial charge < -0.3 is 10.1 Å². The molecule has 0 saturated carbocycles. The number of rotatable bonds is 8. The van der Waals surface area contributed by atoms with E-state index in [2.05, 4.69) is 15.3 Å². The molecule has 4 aromatic rings. The van der Waals surface area contributed by atoms with Gasteiger partial charge in [-0.3, -0.25) is 19.6 Å². The normalized spacial score (nSPS) is 10.5. The lowest BCUT2D eigenvalue weighted by atomic mass is 10.0. The SMILES string of the molecule is COc1ccc(C(=O)Cc2ccc(-c3ccccc3F)nc2)cc1C(=O)NCc1cccnc1. The minimum atomic E-state index is -0.355. The summed E-state index contributed by atoms with van der Waals surface area (Å²) in [4.78, 5) is 34.0. The average Bonchev–Trinajstić information content (AvgIpc) is 2.88. The van der Waals surface area contributed by atoms with E-state index in [1.165, 1.54) is 19.2 Å². The number of carbonyl (C=O) groups excluding carboxylic acids is 2. The molecule has 0 atom stereocenters. The molecule has 0 spiro atoms. The van der Waals surface area contributed by atoms with E-state index < -0.39 is 0 Å². The molecule has 2 aromatic carbocycles. The third kappa shape index (κ3) is 5.32. The fourth-order valence-electron chi connectivity index (χ4n) is 3.48. The zero-order chi connectivity index (χ0) is 23.9. The summed E-state index contributed by atoms with van der Waals surface area (Å²) >= 11 is 0. The van der Waals surface area contributed by atoms with Crippen molar-refractivity contribution < 1.29 is 18.7 Å². The number of methoxy groups -OCH3 is 1. The number of carbonyl (C=O) groups is 2. The van der Waals surface area contributed by atoms with E-state index in [1.807, 2.05) is 6.07 Å². The van der Waals surface area contributed by atoms with Crippen LogP contribution in [0.15, 0.2) is 85.3 Å². The topological polar surface area (TPSA) is 81.2 Å². The smallest absolute Gasteiger partial charge is 0.255 e. The van der Waals surface area contributed by atoms with Crippen LogP contribution in [-0.2, 0) is 13.0 Å². The Morgan fingerprint density at radius 3 is 2.53 bits per heavy atom. The van der Waals surface area contributed by atoms with Gasteiger partial charge in [-0.2, -0.15) is 0 Å². The number of amides is 1. The van der Waals surface area contributed by atoms with Crippen LogP contribution in [0.3, 0.4) is 0 Å². The van der Waals surface area contributed by atoms with Crippen molar-refractivity contribution in [3.8, 4) is 17.0 Å². The molecule has 7 heteroatoms. The van der Waals surface area contributed by atoms with Gasteiger partial charge in [-0.05, 0) is 53.6 Å². The number of nitrogens with zero attached hydrogens (tertiary/aromatic N) is 2. The maximum absolute atomic E-state index is 14.0. The molecule has 0 unspecified atom stereocenters. The minimum absolute atomic E-state index is 0.0909. The Morgan fingerprint density at radius 2 is 1.82 bits per heavy atom. The quantitative estimate of drug-likeness (QED) is 0.391. The maximum Gasteiger partial charge on any atom is 0.255 e. The average molecular weight is 455 g/mol. The molecule has 4 rings (SSSR count). The van der Waals surface area contributed by atoms with Gasteiger partial charge in [0.2, 0.25) is 0 Å². The standard InChI is InChI=1S/C27H22FN3O3/c1-34-26-11-9-20(14-22(26)27(33)31-17-19-5-4-12-29-15-19)25(32)13-18-8-10-24(30-16-18)21-6-2-3-7-23(21)28/h2-12,14-16H,13,17H2,1H3,(H,31,33). The van der Waals surface area contributed by atoms with Crippen LogP contribution in [0, 0.1) is 5.82 Å². The van der Waals surface area contributed by atoms with Crippen molar-refractivity contribution in [2.24, 2.45) is 0 Å². The highest BCUT2D eigenvalue weighted by Crippen LogP contribution is 2.23. The van der Waals surface area contributed by atoms with Crippen LogP contribution >= 0.6 is 0 Å². The number of pyridine rings is 2. The number of hydrogen-bond donors (Lipinski definition) is 1. The van der Waals surface area contributed by atoms with Crippen molar-refractivity contribution >= 4 is 11.7 Å². The van der Waals surface area contributed by atoms with Crippen LogP contribution in [0.1, 0.15) is 31.8 Å². The molecule has 170 valence electrons. The first kappa shape index (κ1) is 22.8. The van der Waals surface area contributed by atoms with Gasteiger partial charge in [0.1, 0.15) is 11.6 Å². The predicted molar refractivity (Wildman–Crippen MR) is 126 cm³/mol. The first-order valence-electron chi connectivity index (χ1n) is 10.6. The monoisotopic (exact) mass is 455 g/mol. The number of ether oxygens (including phenoxy) is 1. The number of ketones is 1. The number of halogens is 1. The first-order valence-corrected chi connectivity index (χ1v) is 10.6. The lowest BCUT2D eigenvalue weighted by Crippen LogP contribution is -2.24. The highest BCUT2D eigenvalue weighted by molar-refractivity contribution is 6.02. The second kappa shape index (κ2) is 10.5. The fraction of sp³-hybridized carbons (Fsp3) is 0.111. The zero-order valence-corrected chi connectivity index (χ0v) is 18.5. The number of aromatic nitrogens is 2. The molecule has 0 bridgehead atoms. The van der Waals surface area contributed by atoms with Crippen LogP contribution in [0.2, 0.25) is 0 Å². The predicted octanol–water partition coefficient (Wildman–Crippen LogP) is 4.65. The molecular weight excluding hydrogens is 433 g/mol. The van der Waals surface area contributed by atoms with E-state index in [0.717, 1.165) is 5.56 Å². The molecule has 2 aromatic heterocycles. The number of benzene rings is 2. The fourth-order valence-corrected chi connectivity index (χ4v) is 3.48. The van der Waals surface area contributed by atoms with Gasteiger partial charge >= 0.3 is 0 Å². The Hall–Kier alpha value is -4.39. The molecule has 34 heavy (non-hydrogen) atoms. The van der Waals surface area contributed by atoms with Crippen molar-refractivity contribution in [1.82, 2.24) is 15.3 Å². The van der Waals surface area contributed by atoms with E-state index in [9.17, 15) is 14.0 Å². The van der Waals surface area contributed by atoms with Crippen molar-refractivity contribution in [3.63, 3.8) is 0 Å². The molecule has 0 aliphatic heterocycles. The van der Waals surface area contributed by atoms with Crippen LogP contribution in [0.4, 0.5) is 4.39 Å². The maximum atomic E-state index is 14.0. The van der Waals surface area contributed by atoms with Crippen molar-refractivity contribution in [2.75, 3.05) is 7.11 Å². The van der Waals surface area contributed by atoms with Crippen LogP contribution in [0.5, 0.6) is 5.75 Å². The molecular formula is C27H22FN3O3. The largest absolute Gasteiger partial charge is 0.496 e. The summed E-state index contributed by atoms with van der Waals surface area (Å²) in [6.45, 7) is 0.300. The highest BCUT2D eigenvalue weighted by atomic mass is 19.1. The highest BCUT2D eigenvalue weighted by Gasteiger charge is 2.17. The molecule has 0 saturated heterocycles. The minimum Gasteiger partial charge on any atom is -0.496 e. The molecule has 1 amide bonds. The van der Waals surface area contributed by atoms with Crippen molar-refractivity contribution in [1.29, 1.82) is 0 Å². The van der Waals surface area contributed by atoms with E-state index in [1.54, 1.807) is 67.1 Å². The number of hydrogen-bond acceptors (Lipinski definition) is 5. The van der Waals surface area contributed by atoms with Crippen molar-refractivity contribution in [3.05, 3.63) is 113 Å². The van der Waals surface area contributed by atoms with Crippen molar-refractivity contribution in [2.45, 2.75) is 13.0 Å².